The lowest BCUT2D eigenvalue weighted by molar-refractivity contribution is 0.588. The summed E-state index contributed by atoms with van der Waals surface area (Å²) in [5, 5.41) is 1.04. The second-order valence-electron chi connectivity index (χ2n) is 6.00. The Morgan fingerprint density at radius 1 is 1.11 bits per heavy atom. The number of rotatable bonds is 5. The molecule has 1 aromatic heterocycles. The lowest BCUT2D eigenvalue weighted by Crippen LogP contribution is -2.18. The molecule has 0 amide bonds. The highest BCUT2D eigenvalue weighted by molar-refractivity contribution is 7.89. The van der Waals surface area contributed by atoms with Crippen LogP contribution in [-0.4, -0.2) is 25.0 Å². The predicted molar refractivity (Wildman–Crippen MR) is 109 cm³/mol. The predicted octanol–water partition coefficient (Wildman–Crippen LogP) is 4.55. The van der Waals surface area contributed by atoms with Crippen molar-refractivity contribution in [2.45, 2.75) is 11.3 Å². The molecule has 0 saturated heterocycles. The fourth-order valence-electron chi connectivity index (χ4n) is 2.72. The summed E-state index contributed by atoms with van der Waals surface area (Å²) in [4.78, 5) is 4.53. The third kappa shape index (κ3) is 4.31. The smallest absolute Gasteiger partial charge is 0.240 e. The van der Waals surface area contributed by atoms with Crippen molar-refractivity contribution >= 4 is 44.8 Å². The van der Waals surface area contributed by atoms with Gasteiger partial charge >= 0.3 is 0 Å². The van der Waals surface area contributed by atoms with Gasteiger partial charge in [-0.3, -0.25) is 0 Å². The van der Waals surface area contributed by atoms with E-state index in [-0.39, 0.29) is 4.90 Å². The maximum Gasteiger partial charge on any atom is 0.240 e. The number of nitrogens with zero attached hydrogens (tertiary/aromatic N) is 2. The van der Waals surface area contributed by atoms with E-state index in [0.29, 0.717) is 32.7 Å². The monoisotopic (exact) mass is 443 g/mol. The summed E-state index contributed by atoms with van der Waals surface area (Å²) in [5.41, 5.74) is 3.13. The molecule has 0 fully saturated rings. The molecule has 142 valence electrons. The molecule has 3 aromatic rings. The Hall–Kier alpha value is -1.57. The summed E-state index contributed by atoms with van der Waals surface area (Å²) in [7, 11) is -0.348. The van der Waals surface area contributed by atoms with Crippen molar-refractivity contribution in [1.82, 2.24) is 14.3 Å². The number of sulfonamides is 1. The second kappa shape index (κ2) is 7.81. The summed E-state index contributed by atoms with van der Waals surface area (Å²) in [6.45, 7) is 0. The van der Waals surface area contributed by atoms with Crippen molar-refractivity contribution < 1.29 is 8.42 Å². The quantitative estimate of drug-likeness (QED) is 0.587. The normalized spacial score (nSPS) is 11.7. The molecule has 0 saturated carbocycles. The van der Waals surface area contributed by atoms with Crippen molar-refractivity contribution in [3.63, 3.8) is 0 Å². The zero-order chi connectivity index (χ0) is 19.8. The third-order valence-corrected chi connectivity index (χ3v) is 6.69. The number of halogens is 3. The summed E-state index contributed by atoms with van der Waals surface area (Å²) < 4.78 is 28.5. The first-order valence-electron chi connectivity index (χ1n) is 7.89. The van der Waals surface area contributed by atoms with Gasteiger partial charge in [-0.1, -0.05) is 40.9 Å². The Balaban J connectivity index is 2.12. The first-order chi connectivity index (χ1) is 12.7. The fourth-order valence-corrected chi connectivity index (χ4v) is 4.11. The molecular weight excluding hydrogens is 429 g/mol. The van der Waals surface area contributed by atoms with E-state index in [1.807, 2.05) is 13.2 Å². The lowest BCUT2D eigenvalue weighted by Gasteiger charge is -2.12. The molecule has 3 rings (SSSR count). The van der Waals surface area contributed by atoms with Crippen LogP contribution in [0.3, 0.4) is 0 Å². The molecule has 27 heavy (non-hydrogen) atoms. The lowest BCUT2D eigenvalue weighted by atomic mass is 9.98. The van der Waals surface area contributed by atoms with Crippen LogP contribution in [0, 0.1) is 0 Å². The number of aromatic nitrogens is 2. The summed E-state index contributed by atoms with van der Waals surface area (Å²) in [6, 6.07) is 8.44. The van der Waals surface area contributed by atoms with E-state index in [0.717, 1.165) is 11.1 Å². The minimum Gasteiger partial charge on any atom is -0.340 e. The largest absolute Gasteiger partial charge is 0.340 e. The maximum atomic E-state index is 12.2. The zero-order valence-electron chi connectivity index (χ0n) is 14.5. The number of benzene rings is 2. The van der Waals surface area contributed by atoms with Gasteiger partial charge in [0.2, 0.25) is 10.0 Å². The minimum absolute atomic E-state index is 0.168. The van der Waals surface area contributed by atoms with Crippen molar-refractivity contribution in [3.8, 4) is 11.3 Å². The molecule has 0 unspecified atom stereocenters. The first kappa shape index (κ1) is 20.2. The van der Waals surface area contributed by atoms with Crippen LogP contribution in [-0.2, 0) is 23.5 Å². The van der Waals surface area contributed by atoms with Gasteiger partial charge in [-0.15, -0.1) is 0 Å². The van der Waals surface area contributed by atoms with E-state index in [1.165, 1.54) is 7.05 Å². The Kier molecular flexibility index (Phi) is 5.84. The van der Waals surface area contributed by atoms with Gasteiger partial charge < -0.3 is 4.57 Å². The molecule has 0 aliphatic carbocycles. The van der Waals surface area contributed by atoms with E-state index in [4.69, 9.17) is 34.8 Å². The van der Waals surface area contributed by atoms with Gasteiger partial charge in [0.25, 0.3) is 0 Å². The highest BCUT2D eigenvalue weighted by Gasteiger charge is 2.17. The SMILES string of the molecule is CNS(=O)(=O)c1ccc(Cc2cc(Cl)c(Cl)c(Cl)c2)c(-c2cn(C)cn2)c1. The highest BCUT2D eigenvalue weighted by atomic mass is 35.5. The number of nitrogens with one attached hydrogen (secondary N) is 1. The summed E-state index contributed by atoms with van der Waals surface area (Å²) in [5.74, 6) is 0. The highest BCUT2D eigenvalue weighted by Crippen LogP contribution is 2.33. The standard InChI is InChI=1S/C18H16Cl3N3O2S/c1-22-27(25,26)13-4-3-12(14(8-13)17-9-24(2)10-23-17)5-11-6-15(19)18(21)16(20)7-11/h3-4,6-10,22H,5H2,1-2H3. The minimum atomic E-state index is -3.57. The molecule has 0 bridgehead atoms. The molecule has 2 aromatic carbocycles. The van der Waals surface area contributed by atoms with Crippen LogP contribution >= 0.6 is 34.8 Å². The van der Waals surface area contributed by atoms with E-state index in [1.54, 1.807) is 41.2 Å². The van der Waals surface area contributed by atoms with Crippen LogP contribution < -0.4 is 4.72 Å². The number of hydrogen-bond acceptors (Lipinski definition) is 3. The van der Waals surface area contributed by atoms with E-state index < -0.39 is 10.0 Å². The van der Waals surface area contributed by atoms with Gasteiger partial charge in [-0.2, -0.15) is 0 Å². The molecule has 0 spiro atoms. The maximum absolute atomic E-state index is 12.2. The van der Waals surface area contributed by atoms with Gasteiger partial charge in [-0.25, -0.2) is 18.1 Å². The molecule has 0 atom stereocenters. The van der Waals surface area contributed by atoms with Crippen LogP contribution in [0.4, 0.5) is 0 Å². The van der Waals surface area contributed by atoms with Crippen LogP contribution in [0.2, 0.25) is 15.1 Å². The average molecular weight is 445 g/mol. The molecule has 0 aliphatic heterocycles. The number of imidazole rings is 1. The van der Waals surface area contributed by atoms with Crippen LogP contribution in [0.5, 0.6) is 0 Å². The Morgan fingerprint density at radius 2 is 1.78 bits per heavy atom. The van der Waals surface area contributed by atoms with Crippen LogP contribution in [0.1, 0.15) is 11.1 Å². The van der Waals surface area contributed by atoms with Gasteiger partial charge in [-0.05, 0) is 48.9 Å². The third-order valence-electron chi connectivity index (χ3n) is 4.08. The summed E-state index contributed by atoms with van der Waals surface area (Å²) in [6.07, 6.45) is 3.98. The second-order valence-corrected chi connectivity index (χ2v) is 9.08. The molecule has 0 aliphatic rings. The molecule has 5 nitrogen and oxygen atoms in total. The Labute approximate surface area is 172 Å². The van der Waals surface area contributed by atoms with Gasteiger partial charge in [0.15, 0.2) is 0 Å². The molecule has 1 N–H and O–H groups in total. The van der Waals surface area contributed by atoms with Crippen molar-refractivity contribution in [3.05, 3.63) is 69.1 Å². The Morgan fingerprint density at radius 3 is 2.33 bits per heavy atom. The average Bonchev–Trinajstić information content (AvgIpc) is 3.06. The number of aryl methyl sites for hydroxylation is 1. The summed E-state index contributed by atoms with van der Waals surface area (Å²) >= 11 is 18.3. The first-order valence-corrected chi connectivity index (χ1v) is 10.5. The Bertz CT molecular complexity index is 1090. The molecule has 1 heterocycles. The van der Waals surface area contributed by atoms with Gasteiger partial charge in [0.1, 0.15) is 0 Å². The van der Waals surface area contributed by atoms with Crippen molar-refractivity contribution in [2.24, 2.45) is 7.05 Å². The van der Waals surface area contributed by atoms with Crippen molar-refractivity contribution in [1.29, 1.82) is 0 Å². The molecule has 9 heteroatoms. The van der Waals surface area contributed by atoms with Crippen LogP contribution in [0.15, 0.2) is 47.8 Å². The number of hydrogen-bond donors (Lipinski definition) is 1. The van der Waals surface area contributed by atoms with E-state index >= 15 is 0 Å². The van der Waals surface area contributed by atoms with E-state index in [2.05, 4.69) is 9.71 Å². The van der Waals surface area contributed by atoms with Gasteiger partial charge in [0, 0.05) is 18.8 Å². The van der Waals surface area contributed by atoms with Gasteiger partial charge in [0.05, 0.1) is 32.0 Å². The fraction of sp³-hybridized carbons (Fsp3) is 0.167. The molecule has 0 radical (unpaired) electrons. The molecular formula is C18H16Cl3N3O2S. The van der Waals surface area contributed by atoms with E-state index in [9.17, 15) is 8.42 Å². The van der Waals surface area contributed by atoms with Crippen LogP contribution in [0.25, 0.3) is 11.3 Å². The van der Waals surface area contributed by atoms with Crippen molar-refractivity contribution in [2.75, 3.05) is 7.05 Å². The zero-order valence-corrected chi connectivity index (χ0v) is 17.6. The topological polar surface area (TPSA) is 64.0 Å².